The minimum Gasteiger partial charge on any atom is -0.755 e. The highest BCUT2D eigenvalue weighted by Crippen LogP contribution is 2.23. The van der Waals surface area contributed by atoms with Gasteiger partial charge in [-0.15, -0.1) is 0 Å². The Hall–Kier alpha value is -2.17. The van der Waals surface area contributed by atoms with E-state index in [1.165, 1.54) is 14.2 Å². The fraction of sp³-hybridized carbons (Fsp3) is 0.600. The van der Waals surface area contributed by atoms with Crippen LogP contribution >= 0.6 is 0 Å². The number of rotatable bonds is 6. The molecule has 166 valence electrons. The molecule has 1 aromatic rings. The first-order valence-corrected chi connectivity index (χ1v) is 11.2. The van der Waals surface area contributed by atoms with Crippen LogP contribution in [0.3, 0.4) is 0 Å². The second-order valence-corrected chi connectivity index (χ2v) is 8.67. The number of likely N-dealkylation sites (tertiary alicyclic amines) is 1. The van der Waals surface area contributed by atoms with Crippen molar-refractivity contribution in [2.45, 2.75) is 25.3 Å². The summed E-state index contributed by atoms with van der Waals surface area (Å²) >= 11 is -2.42. The lowest BCUT2D eigenvalue weighted by molar-refractivity contribution is -0.135. The van der Waals surface area contributed by atoms with Gasteiger partial charge in [0.2, 0.25) is 5.91 Å². The number of anilines is 1. The summed E-state index contributed by atoms with van der Waals surface area (Å²) in [5.41, 5.74) is 1.15. The van der Waals surface area contributed by atoms with Crippen LogP contribution in [0, 0.1) is 0 Å². The third kappa shape index (κ3) is 5.30. The van der Waals surface area contributed by atoms with Crippen LogP contribution in [0.15, 0.2) is 24.3 Å². The van der Waals surface area contributed by atoms with Crippen LogP contribution in [-0.2, 0) is 27.2 Å². The van der Waals surface area contributed by atoms with Gasteiger partial charge in [-0.1, -0.05) is 18.2 Å². The predicted octanol–water partition coefficient (Wildman–Crippen LogP) is 0.834. The average Bonchev–Trinajstić information content (AvgIpc) is 3.26. The lowest BCUT2D eigenvalue weighted by atomic mass is 10.1. The molecule has 10 heteroatoms. The number of hydrogen-bond acceptors (Lipinski definition) is 6. The third-order valence-corrected chi connectivity index (χ3v) is 6.44. The van der Waals surface area contributed by atoms with Gasteiger partial charge in [-0.05, 0) is 37.6 Å². The number of ether oxygens (including phenoxy) is 1. The van der Waals surface area contributed by atoms with Crippen molar-refractivity contribution in [2.24, 2.45) is 0 Å². The van der Waals surface area contributed by atoms with E-state index in [4.69, 9.17) is 4.74 Å². The van der Waals surface area contributed by atoms with Crippen LogP contribution in [0.1, 0.15) is 18.4 Å². The second kappa shape index (κ2) is 10.2. The maximum Gasteiger partial charge on any atom is 0.409 e. The molecule has 0 saturated carbocycles. The SMILES string of the molecule is COC(=O)N1CCN(C(=O)Cc2ccccc2N(C)S(=O)[O-])[C@H](CN2CCCC2)C1. The van der Waals surface area contributed by atoms with E-state index in [2.05, 4.69) is 4.90 Å². The van der Waals surface area contributed by atoms with Gasteiger partial charge in [-0.3, -0.25) is 9.00 Å². The first kappa shape index (κ1) is 22.5. The quantitative estimate of drug-likeness (QED) is 0.612. The molecule has 30 heavy (non-hydrogen) atoms. The Balaban J connectivity index is 1.76. The summed E-state index contributed by atoms with van der Waals surface area (Å²) in [6.07, 6.45) is 2.02. The zero-order valence-corrected chi connectivity index (χ0v) is 18.3. The molecule has 2 heterocycles. The summed E-state index contributed by atoms with van der Waals surface area (Å²) in [6.45, 7) is 3.99. The molecule has 2 atom stereocenters. The summed E-state index contributed by atoms with van der Waals surface area (Å²) in [7, 11) is 2.82. The molecule has 0 radical (unpaired) electrons. The molecule has 0 N–H and O–H groups in total. The number of carbonyl (C=O) groups excluding carboxylic acids is 2. The van der Waals surface area contributed by atoms with E-state index in [1.54, 1.807) is 29.2 Å². The Bertz CT molecular complexity index is 786. The minimum absolute atomic E-state index is 0.0683. The van der Waals surface area contributed by atoms with Crippen LogP contribution < -0.4 is 4.31 Å². The number of carbonyl (C=O) groups is 2. The topological polar surface area (TPSA) is 96.5 Å². The highest BCUT2D eigenvalue weighted by Gasteiger charge is 2.34. The summed E-state index contributed by atoms with van der Waals surface area (Å²) < 4.78 is 28.8. The van der Waals surface area contributed by atoms with Gasteiger partial charge in [0.05, 0.1) is 25.3 Å². The number of benzene rings is 1. The zero-order chi connectivity index (χ0) is 21.7. The van der Waals surface area contributed by atoms with Crippen molar-refractivity contribution in [3.63, 3.8) is 0 Å². The maximum absolute atomic E-state index is 13.2. The fourth-order valence-electron chi connectivity index (χ4n) is 4.21. The minimum atomic E-state index is -2.42. The summed E-state index contributed by atoms with van der Waals surface area (Å²) in [5, 5.41) is 0. The Labute approximate surface area is 180 Å². The van der Waals surface area contributed by atoms with E-state index in [1.807, 2.05) is 4.90 Å². The van der Waals surface area contributed by atoms with Crippen LogP contribution in [0.4, 0.5) is 10.5 Å². The van der Waals surface area contributed by atoms with E-state index in [0.717, 1.165) is 30.2 Å². The van der Waals surface area contributed by atoms with Gasteiger partial charge in [-0.25, -0.2) is 4.79 Å². The van der Waals surface area contributed by atoms with Gasteiger partial charge in [-0.2, -0.15) is 0 Å². The molecule has 9 nitrogen and oxygen atoms in total. The standard InChI is InChI=1S/C20H30N4O5S/c1-21(30(27)28)18-8-4-3-7-16(18)13-19(25)24-12-11-23(20(26)29-2)15-17(24)14-22-9-5-6-10-22/h3-4,7-8,17H,5-6,9-15H2,1-2H3,(H,27,28)/p-1/t17-/m1/s1. The van der Waals surface area contributed by atoms with Gasteiger partial charge >= 0.3 is 6.09 Å². The van der Waals surface area contributed by atoms with Crippen molar-refractivity contribution < 1.29 is 23.1 Å². The zero-order valence-electron chi connectivity index (χ0n) is 17.5. The van der Waals surface area contributed by atoms with Crippen LogP contribution in [0.5, 0.6) is 0 Å². The molecule has 2 aliphatic rings. The van der Waals surface area contributed by atoms with Gasteiger partial charge in [0.15, 0.2) is 0 Å². The summed E-state index contributed by atoms with van der Waals surface area (Å²) in [5.74, 6) is -0.0683. The molecular weight excluding hydrogens is 408 g/mol. The van der Waals surface area contributed by atoms with Crippen LogP contribution in [0.25, 0.3) is 0 Å². The smallest absolute Gasteiger partial charge is 0.409 e. The lowest BCUT2D eigenvalue weighted by Gasteiger charge is -2.42. The van der Waals surface area contributed by atoms with E-state index in [9.17, 15) is 18.4 Å². The van der Waals surface area contributed by atoms with Crippen molar-refractivity contribution in [2.75, 3.05) is 57.7 Å². The van der Waals surface area contributed by atoms with Crippen molar-refractivity contribution in [1.82, 2.24) is 14.7 Å². The van der Waals surface area contributed by atoms with E-state index >= 15 is 0 Å². The molecule has 2 saturated heterocycles. The van der Waals surface area contributed by atoms with Crippen molar-refractivity contribution >= 4 is 29.0 Å². The molecule has 2 amide bonds. The van der Waals surface area contributed by atoms with Gasteiger partial charge in [0.1, 0.15) is 0 Å². The number of methoxy groups -OCH3 is 1. The predicted molar refractivity (Wildman–Crippen MR) is 113 cm³/mol. The average molecular weight is 438 g/mol. The Morgan fingerprint density at radius 1 is 1.20 bits per heavy atom. The monoisotopic (exact) mass is 437 g/mol. The Kier molecular flexibility index (Phi) is 7.68. The number of para-hydroxylation sites is 1. The van der Waals surface area contributed by atoms with Crippen molar-refractivity contribution in [3.8, 4) is 0 Å². The molecule has 2 aliphatic heterocycles. The first-order valence-electron chi connectivity index (χ1n) is 10.2. The number of amides is 2. The van der Waals surface area contributed by atoms with Gasteiger partial charge in [0, 0.05) is 44.5 Å². The molecule has 0 aromatic heterocycles. The largest absolute Gasteiger partial charge is 0.755 e. The molecule has 0 spiro atoms. The maximum atomic E-state index is 13.2. The molecular formula is C20H29N4O5S-. The number of hydrogen-bond donors (Lipinski definition) is 0. The van der Waals surface area contributed by atoms with Crippen LogP contribution in [-0.4, -0.2) is 94.9 Å². The van der Waals surface area contributed by atoms with Crippen molar-refractivity contribution in [1.29, 1.82) is 0 Å². The van der Waals surface area contributed by atoms with E-state index in [-0.39, 0.29) is 24.5 Å². The van der Waals surface area contributed by atoms with E-state index < -0.39 is 11.3 Å². The molecule has 1 unspecified atom stereocenters. The fourth-order valence-corrected chi connectivity index (χ4v) is 4.55. The molecule has 0 bridgehead atoms. The van der Waals surface area contributed by atoms with Crippen LogP contribution in [0.2, 0.25) is 0 Å². The van der Waals surface area contributed by atoms with Gasteiger partial charge in [0.25, 0.3) is 0 Å². The highest BCUT2D eigenvalue weighted by atomic mass is 32.2. The normalized spacial score (nSPS) is 20.8. The first-order chi connectivity index (χ1) is 14.4. The molecule has 1 aromatic carbocycles. The second-order valence-electron chi connectivity index (χ2n) is 7.68. The third-order valence-electron chi connectivity index (χ3n) is 5.80. The summed E-state index contributed by atoms with van der Waals surface area (Å²) in [6, 6.07) is 6.89. The van der Waals surface area contributed by atoms with Crippen molar-refractivity contribution in [3.05, 3.63) is 29.8 Å². The number of nitrogens with zero attached hydrogens (tertiary/aromatic N) is 4. The van der Waals surface area contributed by atoms with E-state index in [0.29, 0.717) is 37.4 Å². The Morgan fingerprint density at radius 2 is 1.90 bits per heavy atom. The highest BCUT2D eigenvalue weighted by molar-refractivity contribution is 7.80. The summed E-state index contributed by atoms with van der Waals surface area (Å²) in [4.78, 5) is 31.1. The Morgan fingerprint density at radius 3 is 2.57 bits per heavy atom. The molecule has 3 rings (SSSR count). The number of piperazine rings is 1. The molecule has 0 aliphatic carbocycles. The van der Waals surface area contributed by atoms with Gasteiger partial charge < -0.3 is 28.3 Å². The molecule has 2 fully saturated rings. The lowest BCUT2D eigenvalue weighted by Crippen LogP contribution is -2.59.